The van der Waals surface area contributed by atoms with Gasteiger partial charge in [0.05, 0.1) is 33.0 Å². The standard InChI is InChI=1S/C22H34N4O2.HI/c1-2-23-22(24-10-7-19-8-13-27-14-9-19)25-17-20-5-3-4-6-21(20)18-26-11-15-28-16-12-26;/h3-6,8H,2,7,9-18H2,1H3,(H2,23,24,25);1H. The first-order valence-electron chi connectivity index (χ1n) is 10.5. The van der Waals surface area contributed by atoms with Crippen molar-refractivity contribution in [1.29, 1.82) is 0 Å². The van der Waals surface area contributed by atoms with E-state index in [-0.39, 0.29) is 24.0 Å². The Balaban J connectivity index is 0.00000300. The molecule has 1 saturated heterocycles. The lowest BCUT2D eigenvalue weighted by Gasteiger charge is -2.27. The maximum absolute atomic E-state index is 5.46. The molecule has 0 bridgehead atoms. The van der Waals surface area contributed by atoms with Crippen LogP contribution in [0.1, 0.15) is 30.9 Å². The molecule has 2 heterocycles. The van der Waals surface area contributed by atoms with Crippen molar-refractivity contribution in [2.75, 3.05) is 52.6 Å². The monoisotopic (exact) mass is 514 g/mol. The van der Waals surface area contributed by atoms with E-state index in [1.165, 1.54) is 16.7 Å². The molecule has 0 atom stereocenters. The first-order valence-corrected chi connectivity index (χ1v) is 10.5. The van der Waals surface area contributed by atoms with Crippen molar-refractivity contribution in [2.45, 2.75) is 32.9 Å². The van der Waals surface area contributed by atoms with Gasteiger partial charge in [0.1, 0.15) is 0 Å². The highest BCUT2D eigenvalue weighted by Gasteiger charge is 2.12. The molecule has 3 rings (SSSR count). The fraction of sp³-hybridized carbons (Fsp3) is 0.591. The van der Waals surface area contributed by atoms with E-state index in [4.69, 9.17) is 14.5 Å². The highest BCUT2D eigenvalue weighted by atomic mass is 127. The van der Waals surface area contributed by atoms with Crippen molar-refractivity contribution in [1.82, 2.24) is 15.5 Å². The summed E-state index contributed by atoms with van der Waals surface area (Å²) in [6.45, 7) is 10.8. The first-order chi connectivity index (χ1) is 13.8. The maximum atomic E-state index is 5.46. The molecule has 0 radical (unpaired) electrons. The molecule has 0 unspecified atom stereocenters. The number of benzene rings is 1. The minimum absolute atomic E-state index is 0. The highest BCUT2D eigenvalue weighted by molar-refractivity contribution is 14.0. The predicted octanol–water partition coefficient (Wildman–Crippen LogP) is 2.93. The van der Waals surface area contributed by atoms with Crippen LogP contribution in [0.4, 0.5) is 0 Å². The van der Waals surface area contributed by atoms with Crippen molar-refractivity contribution < 1.29 is 9.47 Å². The molecule has 1 aromatic carbocycles. The minimum Gasteiger partial charge on any atom is -0.379 e. The second-order valence-electron chi connectivity index (χ2n) is 7.22. The summed E-state index contributed by atoms with van der Waals surface area (Å²) in [7, 11) is 0. The molecular formula is C22H35IN4O2. The lowest BCUT2D eigenvalue weighted by Crippen LogP contribution is -2.38. The van der Waals surface area contributed by atoms with Gasteiger partial charge in [-0.05, 0) is 30.9 Å². The van der Waals surface area contributed by atoms with E-state index in [2.05, 4.69) is 52.8 Å². The summed E-state index contributed by atoms with van der Waals surface area (Å²) < 4.78 is 10.8. The SMILES string of the molecule is CCNC(=NCc1ccccc1CN1CCOCC1)NCCC1=CCOCC1.I. The van der Waals surface area contributed by atoms with Gasteiger partial charge in [-0.2, -0.15) is 0 Å². The molecule has 0 aliphatic carbocycles. The van der Waals surface area contributed by atoms with Crippen LogP contribution < -0.4 is 10.6 Å². The molecule has 2 N–H and O–H groups in total. The first kappa shape index (κ1) is 24.1. The second kappa shape index (κ2) is 14.0. The number of nitrogens with one attached hydrogen (secondary N) is 2. The normalized spacial score (nSPS) is 18.0. The van der Waals surface area contributed by atoms with Gasteiger partial charge in [-0.15, -0.1) is 24.0 Å². The molecule has 0 aromatic heterocycles. The van der Waals surface area contributed by atoms with E-state index < -0.39 is 0 Å². The highest BCUT2D eigenvalue weighted by Crippen LogP contribution is 2.14. The maximum Gasteiger partial charge on any atom is 0.191 e. The fourth-order valence-corrected chi connectivity index (χ4v) is 3.51. The zero-order valence-corrected chi connectivity index (χ0v) is 19.8. The van der Waals surface area contributed by atoms with Gasteiger partial charge in [0.25, 0.3) is 0 Å². The number of rotatable bonds is 8. The molecule has 0 saturated carbocycles. The molecule has 1 fully saturated rings. The number of ether oxygens (including phenoxy) is 2. The van der Waals surface area contributed by atoms with Crippen LogP contribution in [0.25, 0.3) is 0 Å². The average Bonchev–Trinajstić information content (AvgIpc) is 2.74. The van der Waals surface area contributed by atoms with Gasteiger partial charge in [0, 0.05) is 32.7 Å². The summed E-state index contributed by atoms with van der Waals surface area (Å²) in [5, 5.41) is 6.83. The molecule has 1 aromatic rings. The van der Waals surface area contributed by atoms with Crippen molar-refractivity contribution in [2.24, 2.45) is 4.99 Å². The Morgan fingerprint density at radius 3 is 2.59 bits per heavy atom. The predicted molar refractivity (Wildman–Crippen MR) is 129 cm³/mol. The topological polar surface area (TPSA) is 58.1 Å². The largest absolute Gasteiger partial charge is 0.379 e. The van der Waals surface area contributed by atoms with Crippen LogP contribution in [-0.4, -0.2) is 63.5 Å². The Hall–Kier alpha value is -1.16. The van der Waals surface area contributed by atoms with Crippen LogP contribution >= 0.6 is 24.0 Å². The number of nitrogens with zero attached hydrogens (tertiary/aromatic N) is 2. The van der Waals surface area contributed by atoms with E-state index in [9.17, 15) is 0 Å². The van der Waals surface area contributed by atoms with Crippen LogP contribution in [-0.2, 0) is 22.6 Å². The molecule has 0 spiro atoms. The number of hydrogen-bond acceptors (Lipinski definition) is 4. The number of aliphatic imine (C=N–C) groups is 1. The van der Waals surface area contributed by atoms with Crippen molar-refractivity contribution in [3.8, 4) is 0 Å². The third-order valence-corrected chi connectivity index (χ3v) is 5.16. The zero-order chi connectivity index (χ0) is 19.4. The molecule has 162 valence electrons. The summed E-state index contributed by atoms with van der Waals surface area (Å²) in [5.74, 6) is 0.885. The molecule has 2 aliphatic rings. The quantitative estimate of drug-likeness (QED) is 0.242. The van der Waals surface area contributed by atoms with Crippen LogP contribution in [0, 0.1) is 0 Å². The summed E-state index contributed by atoms with van der Waals surface area (Å²) >= 11 is 0. The minimum atomic E-state index is 0. The third kappa shape index (κ3) is 8.62. The van der Waals surface area contributed by atoms with E-state index in [0.29, 0.717) is 6.54 Å². The molecule has 0 amide bonds. The molecule has 2 aliphatic heterocycles. The van der Waals surface area contributed by atoms with Crippen LogP contribution in [0.5, 0.6) is 0 Å². The zero-order valence-electron chi connectivity index (χ0n) is 17.5. The smallest absolute Gasteiger partial charge is 0.191 e. The average molecular weight is 514 g/mol. The van der Waals surface area contributed by atoms with E-state index in [1.807, 2.05) is 0 Å². The van der Waals surface area contributed by atoms with Gasteiger partial charge in [-0.3, -0.25) is 4.90 Å². The Morgan fingerprint density at radius 1 is 1.07 bits per heavy atom. The number of guanidine groups is 1. The van der Waals surface area contributed by atoms with E-state index in [0.717, 1.165) is 78.0 Å². The Labute approximate surface area is 192 Å². The van der Waals surface area contributed by atoms with Gasteiger partial charge < -0.3 is 20.1 Å². The van der Waals surface area contributed by atoms with Gasteiger partial charge >= 0.3 is 0 Å². The van der Waals surface area contributed by atoms with Gasteiger partial charge in [0.15, 0.2) is 5.96 Å². The number of morpholine rings is 1. The number of hydrogen-bond donors (Lipinski definition) is 2. The second-order valence-corrected chi connectivity index (χ2v) is 7.22. The Bertz CT molecular complexity index is 660. The van der Waals surface area contributed by atoms with Gasteiger partial charge in [-0.1, -0.05) is 35.9 Å². The summed E-state index contributed by atoms with van der Waals surface area (Å²) in [5.41, 5.74) is 4.13. The van der Waals surface area contributed by atoms with Gasteiger partial charge in [-0.25, -0.2) is 4.99 Å². The fourth-order valence-electron chi connectivity index (χ4n) is 3.51. The van der Waals surface area contributed by atoms with E-state index in [1.54, 1.807) is 0 Å². The van der Waals surface area contributed by atoms with Gasteiger partial charge in [0.2, 0.25) is 0 Å². The van der Waals surface area contributed by atoms with Crippen molar-refractivity contribution in [3.05, 3.63) is 47.0 Å². The molecular weight excluding hydrogens is 479 g/mol. The van der Waals surface area contributed by atoms with Crippen LogP contribution in [0.3, 0.4) is 0 Å². The summed E-state index contributed by atoms with van der Waals surface area (Å²) in [4.78, 5) is 7.28. The van der Waals surface area contributed by atoms with Crippen molar-refractivity contribution in [3.63, 3.8) is 0 Å². The Kier molecular flexibility index (Phi) is 11.6. The lowest BCUT2D eigenvalue weighted by molar-refractivity contribution is 0.0341. The van der Waals surface area contributed by atoms with E-state index >= 15 is 0 Å². The molecule has 6 nitrogen and oxygen atoms in total. The number of halogens is 1. The summed E-state index contributed by atoms with van der Waals surface area (Å²) in [6.07, 6.45) is 4.29. The molecule has 7 heteroatoms. The third-order valence-electron chi connectivity index (χ3n) is 5.16. The Morgan fingerprint density at radius 2 is 1.86 bits per heavy atom. The van der Waals surface area contributed by atoms with Crippen molar-refractivity contribution >= 4 is 29.9 Å². The van der Waals surface area contributed by atoms with Crippen LogP contribution in [0.15, 0.2) is 40.9 Å². The lowest BCUT2D eigenvalue weighted by atomic mass is 10.1. The summed E-state index contributed by atoms with van der Waals surface area (Å²) in [6, 6.07) is 8.63. The van der Waals surface area contributed by atoms with Crippen LogP contribution in [0.2, 0.25) is 0 Å². The molecule has 29 heavy (non-hydrogen) atoms.